The van der Waals surface area contributed by atoms with Crippen LogP contribution in [0.1, 0.15) is 12.5 Å². The molecule has 0 heterocycles. The molecule has 0 aliphatic rings. The molecule has 0 fully saturated rings. The topological polar surface area (TPSA) is 11.3 Å². The van der Waals surface area contributed by atoms with E-state index in [0.29, 0.717) is 6.61 Å². The normalized spacial score (nSPS) is 11.5. The van der Waals surface area contributed by atoms with E-state index < -0.39 is 0 Å². The van der Waals surface area contributed by atoms with Crippen LogP contribution < -0.4 is 0 Å². The molecule has 13 heavy (non-hydrogen) atoms. The van der Waals surface area contributed by atoms with Gasteiger partial charge in [0.15, 0.2) is 0 Å². The zero-order valence-electron chi connectivity index (χ0n) is 7.46. The van der Waals surface area contributed by atoms with E-state index in [2.05, 4.69) is 6.29 Å². The van der Waals surface area contributed by atoms with Crippen molar-refractivity contribution in [2.75, 3.05) is 6.61 Å². The lowest BCUT2D eigenvalue weighted by atomic mass is 10.2. The first-order valence-corrected chi connectivity index (χ1v) is 4.50. The maximum atomic E-state index is 5.73. The van der Waals surface area contributed by atoms with E-state index in [1.165, 1.54) is 0 Å². The Morgan fingerprint density at radius 2 is 2.08 bits per heavy atom. The van der Waals surface area contributed by atoms with Crippen molar-refractivity contribution < 1.29 is 4.42 Å². The first-order chi connectivity index (χ1) is 6.33. The van der Waals surface area contributed by atoms with Crippen LogP contribution in [0.2, 0.25) is 5.02 Å². The number of hydrogen-bond donors (Lipinski definition) is 0. The maximum absolute atomic E-state index is 5.73. The molecule has 0 bridgehead atoms. The van der Waals surface area contributed by atoms with Crippen molar-refractivity contribution in [3.05, 3.63) is 40.9 Å². The lowest BCUT2D eigenvalue weighted by Gasteiger charge is -1.95. The molecule has 1 rings (SSSR count). The van der Waals surface area contributed by atoms with Crippen molar-refractivity contribution >= 4 is 24.0 Å². The van der Waals surface area contributed by atoms with Gasteiger partial charge in [-0.2, -0.15) is 6.08 Å². The zero-order chi connectivity index (χ0) is 9.52. The summed E-state index contributed by atoms with van der Waals surface area (Å²) < 4.78 is 4.92. The Labute approximate surface area is 83.4 Å². The molecular formula is C11H11ClO. The Kier molecular flexibility index (Phi) is 4.27. The summed E-state index contributed by atoms with van der Waals surface area (Å²) in [6.45, 7) is 2.56. The van der Waals surface area contributed by atoms with Gasteiger partial charge < -0.3 is 4.42 Å². The van der Waals surface area contributed by atoms with Crippen LogP contribution in [-0.2, 0) is 4.42 Å². The predicted octanol–water partition coefficient (Wildman–Crippen LogP) is 3.02. The minimum absolute atomic E-state index is 0.644. The second kappa shape index (κ2) is 5.55. The number of allylic oxidation sites excluding steroid dienone is 1. The number of halogens is 1. The summed E-state index contributed by atoms with van der Waals surface area (Å²) in [6, 6.07) is 7.57. The molecule has 68 valence electrons. The van der Waals surface area contributed by atoms with Crippen molar-refractivity contribution in [1.29, 1.82) is 0 Å². The fourth-order valence-corrected chi connectivity index (χ4v) is 0.962. The third kappa shape index (κ3) is 3.90. The first kappa shape index (κ1) is 10.0. The summed E-state index contributed by atoms with van der Waals surface area (Å²) in [6.07, 6.45) is 6.34. The van der Waals surface area contributed by atoms with Crippen molar-refractivity contribution in [2.45, 2.75) is 6.92 Å². The van der Waals surface area contributed by atoms with Crippen LogP contribution in [0.15, 0.2) is 30.3 Å². The van der Waals surface area contributed by atoms with Crippen molar-refractivity contribution in [3.63, 3.8) is 0 Å². The molecule has 0 aliphatic carbocycles. The molecule has 2 heteroatoms. The summed E-state index contributed by atoms with van der Waals surface area (Å²) in [5, 5.41) is 0.745. The summed E-state index contributed by atoms with van der Waals surface area (Å²) in [7, 11) is 0. The smallest absolute Gasteiger partial charge is 0.236 e. The highest BCUT2D eigenvalue weighted by atomic mass is 35.5. The second-order valence-electron chi connectivity index (χ2n) is 2.44. The Bertz CT molecular complexity index is 298. The van der Waals surface area contributed by atoms with Gasteiger partial charge in [0.2, 0.25) is 12.9 Å². The van der Waals surface area contributed by atoms with Gasteiger partial charge in [-0.05, 0) is 12.1 Å². The summed E-state index contributed by atoms with van der Waals surface area (Å²) in [5.74, 6) is 0. The van der Waals surface area contributed by atoms with E-state index in [4.69, 9.17) is 16.0 Å². The van der Waals surface area contributed by atoms with Gasteiger partial charge in [0.25, 0.3) is 0 Å². The largest absolute Gasteiger partial charge is 0.353 e. The van der Waals surface area contributed by atoms with Gasteiger partial charge in [-0.3, -0.25) is 0 Å². The highest BCUT2D eigenvalue weighted by Crippen LogP contribution is 2.10. The van der Waals surface area contributed by atoms with Crippen LogP contribution in [0.5, 0.6) is 0 Å². The molecule has 0 aliphatic heterocycles. The van der Waals surface area contributed by atoms with E-state index in [1.54, 1.807) is 6.08 Å². The van der Waals surface area contributed by atoms with E-state index >= 15 is 0 Å². The molecule has 1 nitrogen and oxygen atoms in total. The van der Waals surface area contributed by atoms with Crippen LogP contribution >= 0.6 is 11.6 Å². The summed E-state index contributed by atoms with van der Waals surface area (Å²) in [5.41, 5.74) is 1.08. The van der Waals surface area contributed by atoms with E-state index in [1.807, 2.05) is 37.3 Å². The van der Waals surface area contributed by atoms with Crippen LogP contribution in [-0.4, -0.2) is 12.9 Å². The average molecular weight is 195 g/mol. The zero-order valence-corrected chi connectivity index (χ0v) is 8.21. The summed E-state index contributed by atoms with van der Waals surface area (Å²) >= 11 is 5.73. The first-order valence-electron chi connectivity index (χ1n) is 4.12. The average Bonchev–Trinajstić information content (AvgIpc) is 2.15. The maximum Gasteiger partial charge on any atom is 0.236 e. The molecule has 0 amide bonds. The molecule has 0 aromatic heterocycles. The molecule has 0 saturated carbocycles. The third-order valence-electron chi connectivity index (χ3n) is 1.44. The third-order valence-corrected chi connectivity index (χ3v) is 1.69. The number of hydrogen-bond acceptors (Lipinski definition) is 0. The molecule has 0 spiro atoms. The number of benzene rings is 1. The lowest BCUT2D eigenvalue weighted by Crippen LogP contribution is -1.76. The minimum atomic E-state index is 0.644. The van der Waals surface area contributed by atoms with Gasteiger partial charge in [0.05, 0.1) is 0 Å². The minimum Gasteiger partial charge on any atom is -0.353 e. The Hall–Kier alpha value is -1.08. The lowest BCUT2D eigenvalue weighted by molar-refractivity contribution is 0.125. The van der Waals surface area contributed by atoms with Crippen molar-refractivity contribution in [2.24, 2.45) is 0 Å². The van der Waals surface area contributed by atoms with E-state index in [-0.39, 0.29) is 0 Å². The molecule has 0 atom stereocenters. The van der Waals surface area contributed by atoms with Crippen LogP contribution in [0.3, 0.4) is 0 Å². The van der Waals surface area contributed by atoms with Crippen LogP contribution in [0.25, 0.3) is 6.08 Å². The van der Waals surface area contributed by atoms with Gasteiger partial charge in [0, 0.05) is 11.9 Å². The molecule has 1 aromatic carbocycles. The fourth-order valence-electron chi connectivity index (χ4n) is 0.836. The quantitative estimate of drug-likeness (QED) is 0.398. The Morgan fingerprint density at radius 3 is 2.69 bits per heavy atom. The molecule has 0 radical (unpaired) electrons. The molecule has 1 aromatic rings. The van der Waals surface area contributed by atoms with Crippen molar-refractivity contribution in [3.8, 4) is 0 Å². The van der Waals surface area contributed by atoms with Crippen molar-refractivity contribution in [1.82, 2.24) is 0 Å². The van der Waals surface area contributed by atoms with Gasteiger partial charge in [-0.15, -0.1) is 11.6 Å². The molecular weight excluding hydrogens is 184 g/mol. The summed E-state index contributed by atoms with van der Waals surface area (Å²) in [4.78, 5) is 0. The number of carbonyl (C=O) groups excluding carboxylic acids is 1. The van der Waals surface area contributed by atoms with Gasteiger partial charge >= 0.3 is 0 Å². The Balaban J connectivity index is 2.59. The molecule has 0 N–H and O–H groups in total. The highest BCUT2D eigenvalue weighted by molar-refractivity contribution is 6.30. The standard InChI is InChI=1S/C11H11ClO/c1-2-13-9-3-4-10-5-7-11(12)8-6-10/h3-8H,2H2,1H3/b4-3+. The molecule has 0 unspecified atom stereocenters. The van der Waals surface area contributed by atoms with Gasteiger partial charge in [-0.25, -0.2) is 0 Å². The monoisotopic (exact) mass is 194 g/mol. The second-order valence-corrected chi connectivity index (χ2v) is 2.87. The van der Waals surface area contributed by atoms with Gasteiger partial charge in [0.1, 0.15) is 0 Å². The Morgan fingerprint density at radius 1 is 1.38 bits per heavy atom. The molecule has 0 saturated heterocycles. The van der Waals surface area contributed by atoms with E-state index in [0.717, 1.165) is 10.6 Å². The van der Waals surface area contributed by atoms with Crippen LogP contribution in [0, 0.1) is 0 Å². The van der Waals surface area contributed by atoms with Gasteiger partial charge in [-0.1, -0.05) is 23.7 Å². The fraction of sp³-hybridized carbons (Fsp3) is 0.182. The highest BCUT2D eigenvalue weighted by Gasteiger charge is 1.82. The SMILES string of the molecule is CC[O+]=[C-]/C=C/c1ccc(Cl)cc1. The predicted molar refractivity (Wildman–Crippen MR) is 56.7 cm³/mol. The van der Waals surface area contributed by atoms with E-state index in [9.17, 15) is 0 Å². The number of rotatable bonds is 3. The van der Waals surface area contributed by atoms with Crippen LogP contribution in [0.4, 0.5) is 0 Å².